The van der Waals surface area contributed by atoms with Gasteiger partial charge in [0.2, 0.25) is 0 Å². The first-order chi connectivity index (χ1) is 9.42. The highest BCUT2D eigenvalue weighted by molar-refractivity contribution is 5.75. The predicted molar refractivity (Wildman–Crippen MR) is 77.5 cm³/mol. The molecule has 0 radical (unpaired) electrons. The van der Waals surface area contributed by atoms with E-state index in [1.165, 1.54) is 11.3 Å². The largest absolute Gasteiger partial charge is 0.385 e. The van der Waals surface area contributed by atoms with E-state index in [1.807, 2.05) is 12.1 Å². The van der Waals surface area contributed by atoms with Crippen LogP contribution in [0.1, 0.15) is 23.7 Å². The van der Waals surface area contributed by atoms with Crippen molar-refractivity contribution in [3.05, 3.63) is 59.9 Å². The summed E-state index contributed by atoms with van der Waals surface area (Å²) in [5.41, 5.74) is 4.74. The quantitative estimate of drug-likeness (QED) is 0.693. The molecule has 1 unspecified atom stereocenters. The molecule has 3 aromatic rings. The molecule has 1 aliphatic rings. The molecule has 94 valence electrons. The lowest BCUT2D eigenvalue weighted by Gasteiger charge is -2.25. The molecule has 3 nitrogen and oxygen atoms in total. The number of imidazole rings is 1. The fraction of sp³-hybridized carbons (Fsp3) is 0.188. The zero-order valence-corrected chi connectivity index (χ0v) is 10.6. The summed E-state index contributed by atoms with van der Waals surface area (Å²) in [4.78, 5) is 8.22. The van der Waals surface area contributed by atoms with E-state index >= 15 is 0 Å². The van der Waals surface area contributed by atoms with E-state index in [4.69, 9.17) is 4.98 Å². The van der Waals surface area contributed by atoms with Crippen molar-refractivity contribution in [1.82, 2.24) is 9.97 Å². The highest BCUT2D eigenvalue weighted by atomic mass is 14.9. The van der Waals surface area contributed by atoms with Gasteiger partial charge in [-0.05, 0) is 30.2 Å². The molecular formula is C16H15N3. The molecule has 19 heavy (non-hydrogen) atoms. The Balaban J connectivity index is 1.85. The fourth-order valence-corrected chi connectivity index (χ4v) is 2.89. The van der Waals surface area contributed by atoms with Gasteiger partial charge in [0, 0.05) is 18.2 Å². The maximum absolute atomic E-state index is 4.75. The summed E-state index contributed by atoms with van der Waals surface area (Å²) in [5.74, 6) is 1.44. The molecule has 2 N–H and O–H groups in total. The number of hydrogen-bond acceptors (Lipinski definition) is 2. The molecule has 0 spiro atoms. The number of fused-ring (bicyclic) bond motifs is 2. The van der Waals surface area contributed by atoms with E-state index in [0.29, 0.717) is 5.92 Å². The second-order valence-electron chi connectivity index (χ2n) is 4.99. The second kappa shape index (κ2) is 4.12. The summed E-state index contributed by atoms with van der Waals surface area (Å²) in [6.45, 7) is 0.999. The Bertz CT molecular complexity index is 696. The molecule has 0 fully saturated rings. The average molecular weight is 249 g/mol. The van der Waals surface area contributed by atoms with Crippen LogP contribution in [0, 0.1) is 0 Å². The number of nitrogens with zero attached hydrogens (tertiary/aromatic N) is 1. The number of aromatic amines is 1. The number of anilines is 1. The first-order valence-corrected chi connectivity index (χ1v) is 6.69. The summed E-state index contributed by atoms with van der Waals surface area (Å²) in [7, 11) is 0. The van der Waals surface area contributed by atoms with Gasteiger partial charge in [-0.25, -0.2) is 4.98 Å². The third-order valence-corrected chi connectivity index (χ3v) is 3.82. The minimum Gasteiger partial charge on any atom is -0.385 e. The molecule has 1 aromatic heterocycles. The summed E-state index contributed by atoms with van der Waals surface area (Å²) >= 11 is 0. The molecule has 1 aliphatic heterocycles. The molecule has 2 aromatic carbocycles. The maximum atomic E-state index is 4.75. The van der Waals surface area contributed by atoms with Crippen LogP contribution >= 0.6 is 0 Å². The van der Waals surface area contributed by atoms with Crippen LogP contribution in [0.25, 0.3) is 11.0 Å². The van der Waals surface area contributed by atoms with Crippen LogP contribution in [-0.2, 0) is 0 Å². The van der Waals surface area contributed by atoms with Gasteiger partial charge in [-0.1, -0.05) is 30.3 Å². The van der Waals surface area contributed by atoms with Gasteiger partial charge in [0.05, 0.1) is 11.0 Å². The Kier molecular flexibility index (Phi) is 2.30. The summed E-state index contributed by atoms with van der Waals surface area (Å²) in [6.07, 6.45) is 1.08. The van der Waals surface area contributed by atoms with Crippen LogP contribution in [0.3, 0.4) is 0 Å². The number of rotatable bonds is 1. The summed E-state index contributed by atoms with van der Waals surface area (Å²) in [5, 5.41) is 3.45. The van der Waals surface area contributed by atoms with Crippen LogP contribution in [0.4, 0.5) is 5.69 Å². The highest BCUT2D eigenvalue weighted by Gasteiger charge is 2.23. The molecule has 2 heterocycles. The zero-order chi connectivity index (χ0) is 12.7. The molecule has 4 rings (SSSR count). The van der Waals surface area contributed by atoms with Crippen LogP contribution < -0.4 is 5.32 Å². The van der Waals surface area contributed by atoms with Crippen LogP contribution in [0.2, 0.25) is 0 Å². The molecule has 3 heteroatoms. The highest BCUT2D eigenvalue weighted by Crippen LogP contribution is 2.35. The van der Waals surface area contributed by atoms with Gasteiger partial charge in [0.25, 0.3) is 0 Å². The topological polar surface area (TPSA) is 40.7 Å². The lowest BCUT2D eigenvalue weighted by atomic mass is 9.90. The molecule has 1 atom stereocenters. The van der Waals surface area contributed by atoms with E-state index in [1.54, 1.807) is 0 Å². The van der Waals surface area contributed by atoms with Crippen molar-refractivity contribution in [2.75, 3.05) is 11.9 Å². The first kappa shape index (κ1) is 10.6. The van der Waals surface area contributed by atoms with E-state index < -0.39 is 0 Å². The number of hydrogen-bond donors (Lipinski definition) is 2. The van der Waals surface area contributed by atoms with Crippen molar-refractivity contribution in [2.45, 2.75) is 12.3 Å². The summed E-state index contributed by atoms with van der Waals surface area (Å²) < 4.78 is 0. The average Bonchev–Trinajstić information content (AvgIpc) is 2.90. The van der Waals surface area contributed by atoms with Crippen molar-refractivity contribution < 1.29 is 0 Å². The molecule has 0 saturated carbocycles. The van der Waals surface area contributed by atoms with Gasteiger partial charge in [0.1, 0.15) is 5.82 Å². The minimum atomic E-state index is 0.366. The van der Waals surface area contributed by atoms with Crippen molar-refractivity contribution in [3.63, 3.8) is 0 Å². The summed E-state index contributed by atoms with van der Waals surface area (Å²) in [6, 6.07) is 16.7. The van der Waals surface area contributed by atoms with Gasteiger partial charge in [0.15, 0.2) is 0 Å². The Labute approximate surface area is 111 Å². The van der Waals surface area contributed by atoms with Gasteiger partial charge in [-0.3, -0.25) is 0 Å². The third kappa shape index (κ3) is 1.70. The van der Waals surface area contributed by atoms with E-state index in [9.17, 15) is 0 Å². The third-order valence-electron chi connectivity index (χ3n) is 3.82. The lowest BCUT2D eigenvalue weighted by Crippen LogP contribution is -2.18. The van der Waals surface area contributed by atoms with Crippen LogP contribution in [0.5, 0.6) is 0 Å². The standard InChI is InChI=1S/C16H15N3/c1-2-6-13-11(5-1)12(9-10-17-13)16-18-14-7-3-4-8-15(14)19-16/h1-8,12,17H,9-10H2,(H,18,19). The van der Waals surface area contributed by atoms with Gasteiger partial charge < -0.3 is 10.3 Å². The molecule has 0 aliphatic carbocycles. The number of nitrogens with one attached hydrogen (secondary N) is 2. The molecule has 0 bridgehead atoms. The number of benzene rings is 2. The number of H-pyrrole nitrogens is 1. The van der Waals surface area contributed by atoms with Crippen molar-refractivity contribution in [2.24, 2.45) is 0 Å². The maximum Gasteiger partial charge on any atom is 0.114 e. The van der Waals surface area contributed by atoms with Gasteiger partial charge in [-0.2, -0.15) is 0 Å². The number of para-hydroxylation sites is 3. The lowest BCUT2D eigenvalue weighted by molar-refractivity contribution is 0.686. The van der Waals surface area contributed by atoms with Crippen LogP contribution in [-0.4, -0.2) is 16.5 Å². The smallest absolute Gasteiger partial charge is 0.114 e. The molecule has 0 amide bonds. The van der Waals surface area contributed by atoms with E-state index in [2.05, 4.69) is 46.7 Å². The van der Waals surface area contributed by atoms with Crippen molar-refractivity contribution >= 4 is 16.7 Å². The Morgan fingerprint density at radius 1 is 1.00 bits per heavy atom. The van der Waals surface area contributed by atoms with E-state index in [0.717, 1.165) is 29.8 Å². The van der Waals surface area contributed by atoms with Gasteiger partial charge >= 0.3 is 0 Å². The zero-order valence-electron chi connectivity index (χ0n) is 10.6. The van der Waals surface area contributed by atoms with E-state index in [-0.39, 0.29) is 0 Å². The fourth-order valence-electron chi connectivity index (χ4n) is 2.89. The minimum absolute atomic E-state index is 0.366. The predicted octanol–water partition coefficient (Wildman–Crippen LogP) is 3.51. The number of aromatic nitrogens is 2. The Hall–Kier alpha value is -2.29. The van der Waals surface area contributed by atoms with Crippen LogP contribution in [0.15, 0.2) is 48.5 Å². The first-order valence-electron chi connectivity index (χ1n) is 6.69. The van der Waals surface area contributed by atoms with Gasteiger partial charge in [-0.15, -0.1) is 0 Å². The normalized spacial score (nSPS) is 18.0. The molecular weight excluding hydrogens is 234 g/mol. The van der Waals surface area contributed by atoms with Crippen molar-refractivity contribution in [1.29, 1.82) is 0 Å². The molecule has 0 saturated heterocycles. The Morgan fingerprint density at radius 2 is 1.84 bits per heavy atom. The SMILES string of the molecule is c1ccc2c(c1)NCCC2c1nc2ccccc2[nH]1. The Morgan fingerprint density at radius 3 is 2.79 bits per heavy atom. The van der Waals surface area contributed by atoms with Crippen molar-refractivity contribution in [3.8, 4) is 0 Å². The second-order valence-corrected chi connectivity index (χ2v) is 4.99. The monoisotopic (exact) mass is 249 g/mol.